The number of nitrogens with zero attached hydrogens (tertiary/aromatic N) is 2. The molecule has 1 aromatic carbocycles. The van der Waals surface area contributed by atoms with E-state index in [1.165, 1.54) is 6.07 Å². The van der Waals surface area contributed by atoms with Gasteiger partial charge < -0.3 is 19.9 Å². The van der Waals surface area contributed by atoms with Crippen LogP contribution in [0.25, 0.3) is 0 Å². The van der Waals surface area contributed by atoms with Crippen LogP contribution in [-0.2, 0) is 15.7 Å². The van der Waals surface area contributed by atoms with Crippen molar-refractivity contribution in [1.29, 1.82) is 0 Å². The van der Waals surface area contributed by atoms with E-state index in [1.807, 2.05) is 4.90 Å². The Balaban J connectivity index is 1.91. The maximum atomic E-state index is 12.9. The zero-order valence-corrected chi connectivity index (χ0v) is 16.5. The topological polar surface area (TPSA) is 61.9 Å². The first-order valence-corrected chi connectivity index (χ1v) is 9.07. The summed E-state index contributed by atoms with van der Waals surface area (Å²) in [5, 5.41) is 2.51. The Hall–Kier alpha value is -2.45. The standard InChI is InChI=1S/C19H26F3N3O3/c1-13(23-17(27)28-18(2,3)4)16(26)25-10-8-24(9-11-25)15-7-5-6-14(12-15)19(20,21)22/h5-7,12-13H,8-11H2,1-4H3,(H,23,27). The van der Waals surface area contributed by atoms with Gasteiger partial charge in [-0.15, -0.1) is 0 Å². The van der Waals surface area contributed by atoms with Crippen molar-refractivity contribution in [3.05, 3.63) is 29.8 Å². The average Bonchev–Trinajstić information content (AvgIpc) is 2.59. The van der Waals surface area contributed by atoms with Gasteiger partial charge >= 0.3 is 12.3 Å². The quantitative estimate of drug-likeness (QED) is 0.845. The van der Waals surface area contributed by atoms with Crippen molar-refractivity contribution in [3.63, 3.8) is 0 Å². The van der Waals surface area contributed by atoms with Crippen LogP contribution in [0.4, 0.5) is 23.7 Å². The van der Waals surface area contributed by atoms with Crippen LogP contribution in [0.3, 0.4) is 0 Å². The van der Waals surface area contributed by atoms with Gasteiger partial charge in [0, 0.05) is 31.9 Å². The second-order valence-electron chi connectivity index (χ2n) is 7.73. The molecular formula is C19H26F3N3O3. The third-order valence-corrected chi connectivity index (χ3v) is 4.23. The predicted molar refractivity (Wildman–Crippen MR) is 99.1 cm³/mol. The average molecular weight is 401 g/mol. The Morgan fingerprint density at radius 2 is 1.71 bits per heavy atom. The van der Waals surface area contributed by atoms with E-state index in [4.69, 9.17) is 4.74 Å². The van der Waals surface area contributed by atoms with Gasteiger partial charge in [-0.2, -0.15) is 13.2 Å². The van der Waals surface area contributed by atoms with Crippen molar-refractivity contribution < 1.29 is 27.5 Å². The number of halogens is 3. The molecule has 1 aromatic rings. The minimum atomic E-state index is -4.39. The van der Waals surface area contributed by atoms with Gasteiger partial charge in [0.1, 0.15) is 11.6 Å². The number of carbonyl (C=O) groups excluding carboxylic acids is 2. The van der Waals surface area contributed by atoms with E-state index in [0.717, 1.165) is 12.1 Å². The van der Waals surface area contributed by atoms with E-state index in [9.17, 15) is 22.8 Å². The van der Waals surface area contributed by atoms with Gasteiger partial charge in [-0.25, -0.2) is 4.79 Å². The molecule has 0 saturated carbocycles. The Kier molecular flexibility index (Phi) is 6.46. The van der Waals surface area contributed by atoms with Crippen LogP contribution >= 0.6 is 0 Å². The molecule has 1 heterocycles. The lowest BCUT2D eigenvalue weighted by molar-refractivity contribution is -0.137. The lowest BCUT2D eigenvalue weighted by Gasteiger charge is -2.37. The van der Waals surface area contributed by atoms with Gasteiger partial charge in [-0.3, -0.25) is 4.79 Å². The largest absolute Gasteiger partial charge is 0.444 e. The van der Waals surface area contributed by atoms with Gasteiger partial charge in [0.05, 0.1) is 5.56 Å². The zero-order chi connectivity index (χ0) is 21.1. The molecule has 0 aromatic heterocycles. The van der Waals surface area contributed by atoms with Crippen molar-refractivity contribution >= 4 is 17.7 Å². The summed E-state index contributed by atoms with van der Waals surface area (Å²) in [6, 6.07) is 4.40. The molecule has 2 rings (SSSR count). The highest BCUT2D eigenvalue weighted by Gasteiger charge is 2.32. The van der Waals surface area contributed by atoms with E-state index < -0.39 is 29.5 Å². The van der Waals surface area contributed by atoms with Gasteiger partial charge in [0.15, 0.2) is 0 Å². The smallest absolute Gasteiger partial charge is 0.416 e. The molecule has 0 aliphatic carbocycles. The SMILES string of the molecule is CC(NC(=O)OC(C)(C)C)C(=O)N1CCN(c2cccc(C(F)(F)F)c2)CC1. The summed E-state index contributed by atoms with van der Waals surface area (Å²) in [4.78, 5) is 27.7. The van der Waals surface area contributed by atoms with Crippen molar-refractivity contribution in [1.82, 2.24) is 10.2 Å². The Morgan fingerprint density at radius 1 is 1.11 bits per heavy atom. The summed E-state index contributed by atoms with van der Waals surface area (Å²) < 4.78 is 43.8. The third kappa shape index (κ3) is 6.03. The predicted octanol–water partition coefficient (Wildman–Crippen LogP) is 3.27. The van der Waals surface area contributed by atoms with Crippen molar-refractivity contribution in [2.45, 2.75) is 45.5 Å². The molecule has 0 bridgehead atoms. The first-order chi connectivity index (χ1) is 12.9. The number of hydrogen-bond donors (Lipinski definition) is 1. The van der Waals surface area contributed by atoms with Crippen LogP contribution in [0.15, 0.2) is 24.3 Å². The molecule has 156 valence electrons. The summed E-state index contributed by atoms with van der Waals surface area (Å²) in [6.45, 7) is 8.29. The highest BCUT2D eigenvalue weighted by atomic mass is 19.4. The second-order valence-corrected chi connectivity index (χ2v) is 7.73. The molecule has 9 heteroatoms. The summed E-state index contributed by atoms with van der Waals surface area (Å²) in [5.74, 6) is -0.255. The molecule has 1 saturated heterocycles. The van der Waals surface area contributed by atoms with E-state index in [-0.39, 0.29) is 5.91 Å². The first-order valence-electron chi connectivity index (χ1n) is 9.07. The molecule has 1 aliphatic heterocycles. The second kappa shape index (κ2) is 8.28. The molecule has 28 heavy (non-hydrogen) atoms. The van der Waals surface area contributed by atoms with Gasteiger partial charge in [0.2, 0.25) is 5.91 Å². The molecule has 1 N–H and O–H groups in total. The van der Waals surface area contributed by atoms with Crippen LogP contribution in [0.1, 0.15) is 33.3 Å². The van der Waals surface area contributed by atoms with E-state index in [1.54, 1.807) is 38.7 Å². The number of alkyl carbamates (subject to hydrolysis) is 1. The minimum Gasteiger partial charge on any atom is -0.444 e. The summed E-state index contributed by atoms with van der Waals surface area (Å²) in [6.07, 6.45) is -5.06. The van der Waals surface area contributed by atoms with E-state index >= 15 is 0 Å². The molecular weight excluding hydrogens is 375 g/mol. The zero-order valence-electron chi connectivity index (χ0n) is 16.5. The van der Waals surface area contributed by atoms with E-state index in [0.29, 0.717) is 31.9 Å². The highest BCUT2D eigenvalue weighted by molar-refractivity contribution is 5.85. The van der Waals surface area contributed by atoms with Crippen LogP contribution in [0, 0.1) is 0 Å². The molecule has 1 fully saturated rings. The third-order valence-electron chi connectivity index (χ3n) is 4.23. The molecule has 0 radical (unpaired) electrons. The van der Waals surface area contributed by atoms with Crippen molar-refractivity contribution in [3.8, 4) is 0 Å². The summed E-state index contributed by atoms with van der Waals surface area (Å²) in [5.41, 5.74) is -0.885. The number of benzene rings is 1. The van der Waals surface area contributed by atoms with Gasteiger partial charge in [-0.05, 0) is 45.9 Å². The number of carbonyl (C=O) groups is 2. The number of rotatable bonds is 3. The lowest BCUT2D eigenvalue weighted by Crippen LogP contribution is -2.54. The van der Waals surface area contributed by atoms with Crippen molar-refractivity contribution in [2.75, 3.05) is 31.1 Å². The number of ether oxygens (including phenoxy) is 1. The first kappa shape index (κ1) is 21.8. The lowest BCUT2D eigenvalue weighted by atomic mass is 10.1. The fourth-order valence-electron chi connectivity index (χ4n) is 2.88. The highest BCUT2D eigenvalue weighted by Crippen LogP contribution is 2.31. The summed E-state index contributed by atoms with van der Waals surface area (Å²) in [7, 11) is 0. The molecule has 0 spiro atoms. The van der Waals surface area contributed by atoms with Crippen LogP contribution < -0.4 is 10.2 Å². The number of anilines is 1. The molecule has 1 atom stereocenters. The maximum absolute atomic E-state index is 12.9. The minimum absolute atomic E-state index is 0.255. The number of alkyl halides is 3. The van der Waals surface area contributed by atoms with Crippen LogP contribution in [-0.4, -0.2) is 54.7 Å². The molecule has 2 amide bonds. The fraction of sp³-hybridized carbons (Fsp3) is 0.579. The fourth-order valence-corrected chi connectivity index (χ4v) is 2.88. The number of piperazine rings is 1. The number of nitrogens with one attached hydrogen (secondary N) is 1. The van der Waals surface area contributed by atoms with Crippen LogP contribution in [0.5, 0.6) is 0 Å². The maximum Gasteiger partial charge on any atom is 0.416 e. The van der Waals surface area contributed by atoms with Crippen molar-refractivity contribution in [2.24, 2.45) is 0 Å². The molecule has 6 nitrogen and oxygen atoms in total. The molecule has 1 aliphatic rings. The number of hydrogen-bond acceptors (Lipinski definition) is 4. The Labute approximate surface area is 162 Å². The Morgan fingerprint density at radius 3 is 2.25 bits per heavy atom. The normalized spacial score (nSPS) is 16.5. The van der Waals surface area contributed by atoms with Gasteiger partial charge in [0.25, 0.3) is 0 Å². The Bertz CT molecular complexity index is 708. The van der Waals surface area contributed by atoms with Crippen LogP contribution in [0.2, 0.25) is 0 Å². The summed E-state index contributed by atoms with van der Waals surface area (Å²) >= 11 is 0. The van der Waals surface area contributed by atoms with Gasteiger partial charge in [-0.1, -0.05) is 6.07 Å². The molecule has 1 unspecified atom stereocenters. The van der Waals surface area contributed by atoms with E-state index in [2.05, 4.69) is 5.32 Å². The monoisotopic (exact) mass is 401 g/mol. The number of amides is 2.